The molecule has 1 aliphatic rings. The quantitative estimate of drug-likeness (QED) is 0.126. The molecule has 0 amide bonds. The van der Waals surface area contributed by atoms with Crippen molar-refractivity contribution in [3.63, 3.8) is 0 Å². The van der Waals surface area contributed by atoms with Crippen molar-refractivity contribution in [2.45, 2.75) is 19.3 Å². The molecule has 1 aliphatic carbocycles. The van der Waals surface area contributed by atoms with E-state index in [-0.39, 0.29) is 30.0 Å². The Kier molecular flexibility index (Phi) is 18.1. The van der Waals surface area contributed by atoms with Crippen molar-refractivity contribution in [2.24, 2.45) is 0 Å². The van der Waals surface area contributed by atoms with Crippen LogP contribution in [0.5, 0.6) is 5.75 Å². The smallest absolute Gasteiger partial charge is 0.868 e. The minimum absolute atomic E-state index is 0. The molecule has 1 N–H and O–H groups in total. The third kappa shape index (κ3) is 12.6. The summed E-state index contributed by atoms with van der Waals surface area (Å²) in [7, 11) is 0. The van der Waals surface area contributed by atoms with E-state index in [1.165, 1.54) is 76.7 Å². The van der Waals surface area contributed by atoms with Crippen LogP contribution in [0.25, 0.3) is 184 Å². The first kappa shape index (κ1) is 70.0. The Morgan fingerprint density at radius 3 is 1.17 bits per heavy atom. The predicted octanol–water partition coefficient (Wildman–Crippen LogP) is 21.3. The van der Waals surface area contributed by atoms with Crippen LogP contribution in [-0.2, 0) is 5.41 Å². The topological polar surface area (TPSA) is 116 Å². The summed E-state index contributed by atoms with van der Waals surface area (Å²) < 4.78 is 7.19. The molecule has 0 atom stereocenters. The van der Waals surface area contributed by atoms with Gasteiger partial charge in [0.25, 0.3) is 0 Å². The molecule has 11 heteroatoms. The molecule has 0 saturated heterocycles. The van der Waals surface area contributed by atoms with Gasteiger partial charge >= 0.3 is 18.9 Å². The fourth-order valence-corrected chi connectivity index (χ4v) is 16.6. The van der Waals surface area contributed by atoms with E-state index < -0.39 is 0 Å². The fourth-order valence-electron chi connectivity index (χ4n) is 16.6. The molecular formula is C103H71LiN9O+. The van der Waals surface area contributed by atoms with Gasteiger partial charge in [0.15, 0.2) is 29.5 Å². The van der Waals surface area contributed by atoms with E-state index in [0.717, 1.165) is 89.3 Å². The maximum atomic E-state index is 11.1. The Balaban J connectivity index is 0.000000135. The van der Waals surface area contributed by atoms with Gasteiger partial charge in [-0.3, -0.25) is 0 Å². The molecule has 0 fully saturated rings. The molecule has 21 aromatic rings. The second kappa shape index (κ2) is 29.4. The zero-order valence-electron chi connectivity index (χ0n) is 62.9. The van der Waals surface area contributed by atoms with E-state index in [0.29, 0.717) is 28.8 Å². The molecule has 10 nitrogen and oxygen atoms in total. The molecule has 15 aromatic carbocycles. The van der Waals surface area contributed by atoms with Crippen molar-refractivity contribution in [1.82, 2.24) is 38.6 Å². The summed E-state index contributed by atoms with van der Waals surface area (Å²) in [5.74, 6) is 2.69. The molecule has 6 heterocycles. The minimum Gasteiger partial charge on any atom is -0.868 e. The maximum Gasteiger partial charge on any atom is 1.00 e. The van der Waals surface area contributed by atoms with Gasteiger partial charge < -0.3 is 18.8 Å². The van der Waals surface area contributed by atoms with E-state index in [2.05, 4.69) is 299 Å². The minimum atomic E-state index is -0.0875. The van der Waals surface area contributed by atoms with Gasteiger partial charge in [0.2, 0.25) is 5.52 Å². The van der Waals surface area contributed by atoms with Gasteiger partial charge in [-0.05, 0) is 130 Å². The number of H-pyrrole nitrogens is 1. The first-order valence-corrected chi connectivity index (χ1v) is 38.2. The van der Waals surface area contributed by atoms with Crippen molar-refractivity contribution in [3.8, 4) is 113 Å². The third-order valence-electron chi connectivity index (χ3n) is 22.0. The van der Waals surface area contributed by atoms with Crippen LogP contribution in [0.1, 0.15) is 25.0 Å². The van der Waals surface area contributed by atoms with Crippen LogP contribution in [0.3, 0.4) is 0 Å². The Morgan fingerprint density at radius 1 is 0.263 bits per heavy atom. The summed E-state index contributed by atoms with van der Waals surface area (Å²) in [6.07, 6.45) is 1.75. The molecule has 114 heavy (non-hydrogen) atoms. The van der Waals surface area contributed by atoms with Gasteiger partial charge in [0, 0.05) is 99.6 Å². The van der Waals surface area contributed by atoms with Crippen molar-refractivity contribution in [3.05, 3.63) is 400 Å². The molecule has 534 valence electrons. The molecule has 0 unspecified atom stereocenters. The van der Waals surface area contributed by atoms with E-state index in [4.69, 9.17) is 24.9 Å². The number of hydrogen-bond acceptors (Lipinski definition) is 6. The number of rotatable bonds is 10. The second-order valence-electron chi connectivity index (χ2n) is 29.2. The summed E-state index contributed by atoms with van der Waals surface area (Å²) in [6.45, 7) is 4.68. The zero-order chi connectivity index (χ0) is 75.5. The van der Waals surface area contributed by atoms with E-state index in [1.54, 1.807) is 18.3 Å². The standard InChI is InChI=1S/C52H34N4.C42H30N4.C9H7NO.Li/c1-3-15-35(16-4-1)36-27-29-37(30-28-36)46-34-47(54-52(53-46)38-17-5-2-6-18-38)39-31-40(55-48-23-11-7-19-42(48)43-20-8-12-24-49(43)55)33-41(32-39)56-50-25-13-9-21-44(50)45-22-10-14-26-51(45)56;1-42(2)35-22-11-9-20-31(35)33-25-34-32-21-10-12-23-37(32)46(38(34)26-36(33)42)30-19-13-18-29(24-30)41-44-39(27-14-5-3-6-15-27)43-40(45-41)28-16-7-4-8-17-28;11-8-5-1-3-7-4-2-6-10-9(7)8;/h1-34H;3-26H,1-2H3;1-6,11H;/q;;;+1. The molecule has 0 radical (unpaired) electrons. The van der Waals surface area contributed by atoms with Gasteiger partial charge in [0.05, 0.1) is 44.5 Å². The monoisotopic (exact) mass is 1460 g/mol. The average molecular weight is 1460 g/mol. The van der Waals surface area contributed by atoms with Crippen molar-refractivity contribution < 1.29 is 29.0 Å². The number of fused-ring (bicyclic) bond motifs is 13. The average Bonchev–Trinajstić information content (AvgIpc) is 1.55. The number of aromatic amines is 1. The first-order valence-electron chi connectivity index (χ1n) is 38.2. The van der Waals surface area contributed by atoms with Gasteiger partial charge in [-0.25, -0.2) is 29.9 Å². The summed E-state index contributed by atoms with van der Waals surface area (Å²) in [4.78, 5) is 28.3. The Hall–Kier alpha value is -14.4. The van der Waals surface area contributed by atoms with Crippen LogP contribution in [0.4, 0.5) is 0 Å². The normalized spacial score (nSPS) is 12.0. The number of pyridine rings is 1. The zero-order valence-corrected chi connectivity index (χ0v) is 62.9. The number of nitrogens with zero attached hydrogens (tertiary/aromatic N) is 8. The molecule has 0 aliphatic heterocycles. The molecule has 0 saturated carbocycles. The Morgan fingerprint density at radius 2 is 0.649 bits per heavy atom. The first-order chi connectivity index (χ1) is 55.7. The van der Waals surface area contributed by atoms with Crippen molar-refractivity contribution >= 4 is 76.3 Å². The second-order valence-corrected chi connectivity index (χ2v) is 29.2. The van der Waals surface area contributed by atoms with Crippen LogP contribution in [0, 0.1) is 0 Å². The molecule has 0 bridgehead atoms. The van der Waals surface area contributed by atoms with E-state index in [1.807, 2.05) is 103 Å². The number of aromatic nitrogens is 9. The number of benzene rings is 15. The number of hydrogen-bond donors (Lipinski definition) is 0. The van der Waals surface area contributed by atoms with Crippen molar-refractivity contribution in [2.75, 3.05) is 0 Å². The summed E-state index contributed by atoms with van der Waals surface area (Å²) in [6, 6.07) is 133. The van der Waals surface area contributed by atoms with Gasteiger partial charge in [-0.15, -0.1) is 0 Å². The molecule has 22 rings (SSSR count). The number of nitrogens with one attached hydrogen (secondary N) is 1. The fraction of sp³-hybridized carbons (Fsp3) is 0.0291. The van der Waals surface area contributed by atoms with Crippen molar-refractivity contribution in [1.29, 1.82) is 0 Å². The van der Waals surface area contributed by atoms with Gasteiger partial charge in [-0.1, -0.05) is 299 Å². The third-order valence-corrected chi connectivity index (χ3v) is 22.0. The predicted molar refractivity (Wildman–Crippen MR) is 460 cm³/mol. The van der Waals surface area contributed by atoms with Gasteiger partial charge in [-0.2, -0.15) is 0 Å². The Bertz CT molecular complexity index is 6920. The summed E-state index contributed by atoms with van der Waals surface area (Å²) >= 11 is 0. The van der Waals surface area contributed by atoms with Crippen LogP contribution in [0.2, 0.25) is 0 Å². The molecule has 0 spiro atoms. The SMILES string of the molecule is CC1(C)c2ccccc2-c2cc3c4ccccc4n(-c4cccc(-c5nc(-c6ccccc6)nc(-c6ccccc6)n5)c4)c3cc21.[Li+].[O-]c1cccc2ccc[nH+]c12.c1ccc(-c2ccc(-c3cc(-c4cc(-n5c6ccccc6c6ccccc65)cc(-n5c6ccccc6c6ccccc65)c4)nc(-c4ccccc4)n3)cc2)cc1. The summed E-state index contributed by atoms with van der Waals surface area (Å²) in [5, 5.41) is 19.5. The van der Waals surface area contributed by atoms with E-state index >= 15 is 0 Å². The summed E-state index contributed by atoms with van der Waals surface area (Å²) in [5.41, 5.74) is 26.1. The van der Waals surface area contributed by atoms with E-state index in [9.17, 15) is 5.11 Å². The van der Waals surface area contributed by atoms with Gasteiger partial charge in [0.1, 0.15) is 0 Å². The van der Waals surface area contributed by atoms with Crippen LogP contribution < -0.4 is 29.0 Å². The number of para-hydroxylation sites is 6. The maximum absolute atomic E-state index is 11.1. The molecule has 6 aromatic heterocycles. The van der Waals surface area contributed by atoms with Crippen LogP contribution >= 0.6 is 0 Å². The van der Waals surface area contributed by atoms with Crippen LogP contribution in [-0.4, -0.2) is 38.6 Å². The Labute approximate surface area is 671 Å². The molecular weight excluding hydrogens is 1390 g/mol. The largest absolute Gasteiger partial charge is 1.00 e. The van der Waals surface area contributed by atoms with Crippen LogP contribution in [0.15, 0.2) is 388 Å².